The van der Waals surface area contributed by atoms with Crippen molar-refractivity contribution in [2.75, 3.05) is 33.6 Å². The summed E-state index contributed by atoms with van der Waals surface area (Å²) in [6, 6.07) is 37.6. The number of rotatable bonds is 13. The predicted octanol–water partition coefficient (Wildman–Crippen LogP) is 7.76. The number of nitrogens with two attached hydrogens (primary N) is 1. The number of aromatic nitrogens is 3. The maximum absolute atomic E-state index is 12.4. The van der Waals surface area contributed by atoms with Crippen molar-refractivity contribution in [2.24, 2.45) is 5.73 Å². The van der Waals surface area contributed by atoms with Crippen molar-refractivity contribution in [1.82, 2.24) is 15.0 Å². The molecule has 1 heterocycles. The summed E-state index contributed by atoms with van der Waals surface area (Å²) in [6.07, 6.45) is 3.40. The molecule has 0 radical (unpaired) electrons. The van der Waals surface area contributed by atoms with Crippen LogP contribution in [-0.4, -0.2) is 35.0 Å². The summed E-state index contributed by atoms with van der Waals surface area (Å²) in [5, 5.41) is 16.1. The van der Waals surface area contributed by atoms with E-state index in [2.05, 4.69) is 41.5 Å². The van der Waals surface area contributed by atoms with Crippen molar-refractivity contribution in [1.29, 1.82) is 0 Å². The third-order valence-electron chi connectivity index (χ3n) is 7.38. The molecule has 0 atom stereocenters. The van der Waals surface area contributed by atoms with Crippen molar-refractivity contribution >= 4 is 74.0 Å². The lowest BCUT2D eigenvalue weighted by molar-refractivity contribution is 0.483. The Hall–Kier alpha value is -6.28. The number of nitrogens with zero attached hydrogens (tertiary/aromatic N) is 3. The molecule has 5 aromatic carbocycles. The highest BCUT2D eigenvalue weighted by atomic mass is 32.2. The minimum absolute atomic E-state index is 0.0639. The van der Waals surface area contributed by atoms with Gasteiger partial charge in [0.05, 0.1) is 6.54 Å². The van der Waals surface area contributed by atoms with Crippen molar-refractivity contribution in [3.63, 3.8) is 0 Å². The van der Waals surface area contributed by atoms with Gasteiger partial charge in [-0.05, 0) is 77.9 Å². The molecule has 8 N–H and O–H groups in total. The second-order valence-electron chi connectivity index (χ2n) is 11.1. The number of hydrogen-bond donors (Lipinski definition) is 7. The maximum Gasteiger partial charge on any atom is 0.295 e. The van der Waals surface area contributed by atoms with E-state index in [4.69, 9.17) is 5.73 Å². The highest BCUT2D eigenvalue weighted by Crippen LogP contribution is 2.29. The van der Waals surface area contributed by atoms with Crippen LogP contribution < -0.4 is 32.3 Å². The van der Waals surface area contributed by atoms with Crippen LogP contribution >= 0.6 is 0 Å². The number of nitrogens with one attached hydrogen (secondary N) is 5. The first-order chi connectivity index (χ1) is 24.2. The van der Waals surface area contributed by atoms with Crippen LogP contribution in [0.4, 0.5) is 51.7 Å². The molecule has 13 heteroatoms. The number of benzene rings is 5. The Labute approximate surface area is 290 Å². The van der Waals surface area contributed by atoms with E-state index in [0.717, 1.165) is 39.7 Å². The van der Waals surface area contributed by atoms with E-state index in [-0.39, 0.29) is 23.3 Å². The van der Waals surface area contributed by atoms with Gasteiger partial charge in [0.25, 0.3) is 10.1 Å². The quantitative estimate of drug-likeness (QED) is 0.0465. The van der Waals surface area contributed by atoms with Gasteiger partial charge in [-0.3, -0.25) is 4.55 Å². The van der Waals surface area contributed by atoms with E-state index in [1.165, 1.54) is 6.07 Å². The SMILES string of the molecule is CNc1cc(Nc2ccccc2)cc(Nc2ccc(C=Cc3ccc(Nc4nc(CN)nc(Nc5ccccc5)n4)cc3S(=O)(=O)O)cc2)c1. The topological polar surface area (TPSA) is 179 Å². The Bertz CT molecular complexity index is 2220. The highest BCUT2D eigenvalue weighted by molar-refractivity contribution is 7.86. The fourth-order valence-electron chi connectivity index (χ4n) is 5.01. The minimum atomic E-state index is -4.58. The number of para-hydroxylation sites is 2. The molecule has 0 bridgehead atoms. The Kier molecular flexibility index (Phi) is 10.3. The van der Waals surface area contributed by atoms with Gasteiger partial charge in [-0.1, -0.05) is 66.7 Å². The molecule has 6 rings (SSSR count). The van der Waals surface area contributed by atoms with Gasteiger partial charge in [0, 0.05) is 46.9 Å². The van der Waals surface area contributed by atoms with Crippen LogP contribution in [0.1, 0.15) is 17.0 Å². The van der Waals surface area contributed by atoms with Gasteiger partial charge < -0.3 is 32.3 Å². The maximum atomic E-state index is 12.4. The fourth-order valence-corrected chi connectivity index (χ4v) is 5.72. The summed E-state index contributed by atoms with van der Waals surface area (Å²) in [4.78, 5) is 12.7. The van der Waals surface area contributed by atoms with E-state index in [1.807, 2.05) is 110 Å². The fraction of sp³-hybridized carbons (Fsp3) is 0.0541. The first-order valence-corrected chi connectivity index (χ1v) is 17.0. The normalized spacial score (nSPS) is 11.3. The van der Waals surface area contributed by atoms with E-state index >= 15 is 0 Å². The molecule has 0 aliphatic heterocycles. The van der Waals surface area contributed by atoms with Crippen LogP contribution in [0, 0.1) is 0 Å². The highest BCUT2D eigenvalue weighted by Gasteiger charge is 2.16. The van der Waals surface area contributed by atoms with E-state index in [1.54, 1.807) is 24.3 Å². The third-order valence-corrected chi connectivity index (χ3v) is 8.29. The van der Waals surface area contributed by atoms with Gasteiger partial charge in [-0.15, -0.1) is 0 Å². The molecule has 0 spiro atoms. The Morgan fingerprint density at radius 2 is 1.12 bits per heavy atom. The van der Waals surface area contributed by atoms with Crippen molar-refractivity contribution < 1.29 is 13.0 Å². The van der Waals surface area contributed by atoms with E-state index in [9.17, 15) is 13.0 Å². The van der Waals surface area contributed by atoms with E-state index in [0.29, 0.717) is 17.1 Å². The molecule has 12 nitrogen and oxygen atoms in total. The third kappa shape index (κ3) is 8.99. The summed E-state index contributed by atoms with van der Waals surface area (Å²) in [7, 11) is -2.71. The predicted molar refractivity (Wildman–Crippen MR) is 201 cm³/mol. The standard InChI is InChI=1S/C37H35N9O3S/c1-39-31-20-32(40-27-8-4-2-5-9-27)22-33(21-31)41-29-17-13-25(14-18-29)12-15-26-16-19-30(23-34(26)50(47,48)49)43-37-45-35(24-38)44-36(46-37)42-28-10-6-3-7-11-28/h2-23,39-41H,24,38H2,1H3,(H,47,48,49)(H2,42,43,44,45,46). The van der Waals surface area contributed by atoms with E-state index < -0.39 is 10.1 Å². The first-order valence-electron chi connectivity index (χ1n) is 15.6. The second kappa shape index (κ2) is 15.3. The number of anilines is 9. The molecule has 252 valence electrons. The van der Waals surface area contributed by atoms with Crippen LogP contribution in [-0.2, 0) is 16.7 Å². The van der Waals surface area contributed by atoms with Crippen LogP contribution in [0.25, 0.3) is 12.2 Å². The second-order valence-corrected chi connectivity index (χ2v) is 12.5. The smallest absolute Gasteiger partial charge is 0.295 e. The molecule has 0 fully saturated rings. The zero-order chi connectivity index (χ0) is 34.9. The Morgan fingerprint density at radius 3 is 1.68 bits per heavy atom. The molecule has 0 aliphatic rings. The van der Waals surface area contributed by atoms with Gasteiger partial charge in [0.15, 0.2) is 0 Å². The zero-order valence-electron chi connectivity index (χ0n) is 27.0. The summed E-state index contributed by atoms with van der Waals surface area (Å²) in [5.74, 6) is 0.743. The molecule has 6 aromatic rings. The lowest BCUT2D eigenvalue weighted by Gasteiger charge is -2.13. The molecule has 0 saturated heterocycles. The van der Waals surface area contributed by atoms with Crippen molar-refractivity contribution in [3.05, 3.63) is 138 Å². The van der Waals surface area contributed by atoms with Crippen LogP contribution in [0.3, 0.4) is 0 Å². The molecule has 0 saturated carbocycles. The summed E-state index contributed by atoms with van der Waals surface area (Å²) in [6.45, 7) is 0.0639. The molecular weight excluding hydrogens is 651 g/mol. The molecular formula is C37H35N9O3S. The Morgan fingerprint density at radius 1 is 0.600 bits per heavy atom. The van der Waals surface area contributed by atoms with Gasteiger partial charge >= 0.3 is 0 Å². The van der Waals surface area contributed by atoms with Crippen LogP contribution in [0.15, 0.2) is 126 Å². The number of hydrogen-bond acceptors (Lipinski definition) is 11. The zero-order valence-corrected chi connectivity index (χ0v) is 27.8. The van der Waals surface area contributed by atoms with Gasteiger partial charge in [0.1, 0.15) is 10.7 Å². The van der Waals surface area contributed by atoms with Crippen LogP contribution in [0.2, 0.25) is 0 Å². The van der Waals surface area contributed by atoms with Gasteiger partial charge in [-0.25, -0.2) is 0 Å². The molecule has 0 aliphatic carbocycles. The van der Waals surface area contributed by atoms with Gasteiger partial charge in [-0.2, -0.15) is 23.4 Å². The minimum Gasteiger partial charge on any atom is -0.388 e. The van der Waals surface area contributed by atoms with Crippen LogP contribution in [0.5, 0.6) is 0 Å². The molecule has 1 aromatic heterocycles. The first kappa shape index (κ1) is 33.6. The van der Waals surface area contributed by atoms with Crippen molar-refractivity contribution in [2.45, 2.75) is 11.4 Å². The molecule has 0 amide bonds. The lowest BCUT2D eigenvalue weighted by atomic mass is 10.1. The molecule has 50 heavy (non-hydrogen) atoms. The summed E-state index contributed by atoms with van der Waals surface area (Å²) >= 11 is 0. The monoisotopic (exact) mass is 685 g/mol. The van der Waals surface area contributed by atoms with Gasteiger partial charge in [0.2, 0.25) is 11.9 Å². The lowest BCUT2D eigenvalue weighted by Crippen LogP contribution is -2.10. The largest absolute Gasteiger partial charge is 0.388 e. The van der Waals surface area contributed by atoms with Crippen molar-refractivity contribution in [3.8, 4) is 0 Å². The summed E-state index contributed by atoms with van der Waals surface area (Å²) < 4.78 is 34.9. The average molecular weight is 686 g/mol. The average Bonchev–Trinajstić information content (AvgIpc) is 3.12. The summed E-state index contributed by atoms with van der Waals surface area (Å²) in [5.41, 5.74) is 12.7. The molecule has 0 unspecified atom stereocenters. The Balaban J connectivity index is 1.17.